The molecule has 1 aliphatic rings. The Hall–Kier alpha value is -5.25. The van der Waals surface area contributed by atoms with Crippen LogP contribution in [0.3, 0.4) is 0 Å². The molecule has 0 aliphatic carbocycles. The number of ether oxygens (including phenoxy) is 1. The standard InChI is InChI=1S/C36H49N5O11/c1-4-7-8-9-25(28(5-2)41(22-43)52-36(49)23-14-17-37-18-15-23)32(44)38-21-39-34(46)30-13-12-29(51-30)24-10-11-26(31(20-24)50-6-3)33(45)40-27(16-19-42)35(47)48/h10-13,19-20,22-23,25,27-28,37H,4-9,14-18,21H2,1-3H3,(H,38,44)(H,39,46)(H,40,45)(H,47,48). The van der Waals surface area contributed by atoms with Crippen LogP contribution in [0.4, 0.5) is 0 Å². The van der Waals surface area contributed by atoms with Crippen LogP contribution in [0.25, 0.3) is 11.3 Å². The summed E-state index contributed by atoms with van der Waals surface area (Å²) in [5.41, 5.74) is 0.494. The van der Waals surface area contributed by atoms with Crippen LogP contribution in [0.1, 0.15) is 93.1 Å². The SMILES string of the molecule is CCCCCC(C(=O)NCNC(=O)c1ccc(-c2ccc(C(=O)NC(CC=O)C(=O)O)c(OCC)c2)o1)C(CC)N(C=O)OC(=O)C1CCNCC1. The number of rotatable bonds is 22. The highest BCUT2D eigenvalue weighted by atomic mass is 16.7. The van der Waals surface area contributed by atoms with Gasteiger partial charge >= 0.3 is 11.9 Å². The molecule has 52 heavy (non-hydrogen) atoms. The van der Waals surface area contributed by atoms with Crippen molar-refractivity contribution in [2.45, 2.75) is 84.2 Å². The minimum atomic E-state index is -1.41. The molecule has 284 valence electrons. The molecule has 1 saturated heterocycles. The maximum Gasteiger partial charge on any atom is 0.335 e. The molecule has 3 rings (SSSR count). The number of hydroxylamine groups is 2. The van der Waals surface area contributed by atoms with Crippen molar-refractivity contribution in [2.24, 2.45) is 11.8 Å². The van der Waals surface area contributed by atoms with Crippen molar-refractivity contribution in [3.05, 3.63) is 41.7 Å². The normalized spacial score (nSPS) is 14.6. The Morgan fingerprint density at radius 2 is 1.77 bits per heavy atom. The minimum absolute atomic E-state index is 0.0394. The number of nitrogens with zero attached hydrogens (tertiary/aromatic N) is 1. The van der Waals surface area contributed by atoms with E-state index in [1.807, 2.05) is 6.92 Å². The lowest BCUT2D eigenvalue weighted by atomic mass is 9.90. The van der Waals surface area contributed by atoms with Gasteiger partial charge in [0.2, 0.25) is 12.3 Å². The molecule has 1 fully saturated rings. The fraction of sp³-hybridized carbons (Fsp3) is 0.528. The predicted molar refractivity (Wildman–Crippen MR) is 187 cm³/mol. The van der Waals surface area contributed by atoms with Crippen LogP contribution in [0, 0.1) is 11.8 Å². The Bertz CT molecular complexity index is 1540. The lowest BCUT2D eigenvalue weighted by Crippen LogP contribution is -2.49. The van der Waals surface area contributed by atoms with Crippen LogP contribution in [0.5, 0.6) is 5.75 Å². The zero-order chi connectivity index (χ0) is 38.0. The van der Waals surface area contributed by atoms with Gasteiger partial charge in [-0.3, -0.25) is 19.2 Å². The molecule has 0 spiro atoms. The first-order valence-electron chi connectivity index (χ1n) is 17.6. The van der Waals surface area contributed by atoms with Gasteiger partial charge < -0.3 is 45.2 Å². The lowest BCUT2D eigenvalue weighted by molar-refractivity contribution is -0.208. The number of carboxylic acid groups (broad SMARTS) is 1. The summed E-state index contributed by atoms with van der Waals surface area (Å²) in [5, 5.41) is 21.0. The number of benzene rings is 1. The van der Waals surface area contributed by atoms with Crippen molar-refractivity contribution in [1.29, 1.82) is 0 Å². The van der Waals surface area contributed by atoms with E-state index in [0.717, 1.165) is 17.9 Å². The highest BCUT2D eigenvalue weighted by Crippen LogP contribution is 2.29. The van der Waals surface area contributed by atoms with Crippen molar-refractivity contribution >= 4 is 42.4 Å². The summed E-state index contributed by atoms with van der Waals surface area (Å²) in [6.45, 7) is 6.83. The largest absolute Gasteiger partial charge is 0.493 e. The molecule has 16 heteroatoms. The Labute approximate surface area is 302 Å². The van der Waals surface area contributed by atoms with Crippen LogP contribution in [0.15, 0.2) is 34.7 Å². The van der Waals surface area contributed by atoms with Crippen LogP contribution in [-0.2, 0) is 28.8 Å². The number of hydrogen-bond donors (Lipinski definition) is 5. The smallest absolute Gasteiger partial charge is 0.335 e. The monoisotopic (exact) mass is 727 g/mol. The number of aldehydes is 1. The van der Waals surface area contributed by atoms with Gasteiger partial charge in [-0.2, -0.15) is 5.06 Å². The Balaban J connectivity index is 1.66. The van der Waals surface area contributed by atoms with E-state index in [-0.39, 0.29) is 42.0 Å². The maximum absolute atomic E-state index is 13.5. The summed E-state index contributed by atoms with van der Waals surface area (Å²) in [4.78, 5) is 91.9. The van der Waals surface area contributed by atoms with Crippen LogP contribution in [-0.4, -0.2) is 91.0 Å². The zero-order valence-corrected chi connectivity index (χ0v) is 29.8. The Kier molecular flexibility index (Phi) is 16.8. The first kappa shape index (κ1) is 41.2. The van der Waals surface area contributed by atoms with Gasteiger partial charge in [0, 0.05) is 12.0 Å². The Morgan fingerprint density at radius 1 is 1.02 bits per heavy atom. The lowest BCUT2D eigenvalue weighted by Gasteiger charge is -2.33. The molecule has 2 heterocycles. The van der Waals surface area contributed by atoms with Crippen molar-refractivity contribution in [1.82, 2.24) is 26.3 Å². The fourth-order valence-corrected chi connectivity index (χ4v) is 5.89. The molecule has 0 bridgehead atoms. The second-order valence-corrected chi connectivity index (χ2v) is 12.3. The van der Waals surface area contributed by atoms with Gasteiger partial charge in [-0.25, -0.2) is 9.59 Å². The predicted octanol–water partition coefficient (Wildman–Crippen LogP) is 2.81. The number of unbranched alkanes of at least 4 members (excludes halogenated alkanes) is 2. The number of carboxylic acids is 1. The second-order valence-electron chi connectivity index (χ2n) is 12.3. The van der Waals surface area contributed by atoms with Gasteiger partial charge in [0.1, 0.15) is 23.8 Å². The molecule has 4 amide bonds. The van der Waals surface area contributed by atoms with Gasteiger partial charge in [0.15, 0.2) is 5.76 Å². The van der Waals surface area contributed by atoms with Gasteiger partial charge in [-0.1, -0.05) is 39.2 Å². The van der Waals surface area contributed by atoms with E-state index in [1.54, 1.807) is 13.8 Å². The molecule has 3 unspecified atom stereocenters. The third-order valence-corrected chi connectivity index (χ3v) is 8.72. The van der Waals surface area contributed by atoms with E-state index in [1.165, 1.54) is 30.3 Å². The summed E-state index contributed by atoms with van der Waals surface area (Å²) in [7, 11) is 0. The summed E-state index contributed by atoms with van der Waals surface area (Å²) in [5.74, 6) is -4.36. The number of amides is 4. The molecule has 1 aromatic carbocycles. The number of aliphatic carboxylic acids is 1. The molecule has 3 atom stereocenters. The maximum atomic E-state index is 13.5. The average molecular weight is 728 g/mol. The van der Waals surface area contributed by atoms with Crippen LogP contribution >= 0.6 is 0 Å². The molecule has 2 aromatic rings. The molecule has 1 aliphatic heterocycles. The Morgan fingerprint density at radius 3 is 2.40 bits per heavy atom. The first-order chi connectivity index (χ1) is 25.1. The highest BCUT2D eigenvalue weighted by Gasteiger charge is 2.35. The van der Waals surface area contributed by atoms with E-state index in [2.05, 4.69) is 21.3 Å². The van der Waals surface area contributed by atoms with Crippen molar-refractivity contribution in [3.8, 4) is 17.1 Å². The topological polar surface area (TPSA) is 223 Å². The number of piperidine rings is 1. The summed E-state index contributed by atoms with van der Waals surface area (Å²) in [6, 6.07) is 5.30. The van der Waals surface area contributed by atoms with E-state index >= 15 is 0 Å². The van der Waals surface area contributed by atoms with Crippen molar-refractivity contribution < 1.29 is 52.7 Å². The fourth-order valence-electron chi connectivity index (χ4n) is 5.89. The van der Waals surface area contributed by atoms with E-state index in [0.29, 0.717) is 63.5 Å². The molecular formula is C36H49N5O11. The van der Waals surface area contributed by atoms with E-state index in [4.69, 9.17) is 14.0 Å². The highest BCUT2D eigenvalue weighted by molar-refractivity contribution is 6.00. The van der Waals surface area contributed by atoms with Crippen molar-refractivity contribution in [3.63, 3.8) is 0 Å². The quantitative estimate of drug-likeness (QED) is 0.0511. The number of carbonyl (C=O) groups excluding carboxylic acids is 6. The van der Waals surface area contributed by atoms with Gasteiger partial charge in [-0.05, 0) is 70.0 Å². The number of carbonyl (C=O) groups is 7. The summed E-state index contributed by atoms with van der Waals surface area (Å²) < 4.78 is 11.4. The molecule has 16 nitrogen and oxygen atoms in total. The van der Waals surface area contributed by atoms with E-state index in [9.17, 15) is 38.7 Å². The third kappa shape index (κ3) is 11.6. The zero-order valence-electron chi connectivity index (χ0n) is 29.8. The van der Waals surface area contributed by atoms with Gasteiger partial charge in [0.05, 0.1) is 36.7 Å². The number of furan rings is 1. The first-order valence-corrected chi connectivity index (χ1v) is 17.6. The van der Waals surface area contributed by atoms with Gasteiger partial charge in [0.25, 0.3) is 11.8 Å². The van der Waals surface area contributed by atoms with Gasteiger partial charge in [-0.15, -0.1) is 0 Å². The van der Waals surface area contributed by atoms with E-state index < -0.39 is 54.1 Å². The molecule has 1 aromatic heterocycles. The second kappa shape index (κ2) is 21.2. The molecule has 0 radical (unpaired) electrons. The molecule has 5 N–H and O–H groups in total. The number of nitrogens with one attached hydrogen (secondary N) is 4. The molecular weight excluding hydrogens is 678 g/mol. The molecule has 0 saturated carbocycles. The summed E-state index contributed by atoms with van der Waals surface area (Å²) >= 11 is 0. The van der Waals surface area contributed by atoms with Crippen LogP contribution in [0.2, 0.25) is 0 Å². The van der Waals surface area contributed by atoms with Crippen molar-refractivity contribution in [2.75, 3.05) is 26.4 Å². The minimum Gasteiger partial charge on any atom is -0.493 e. The summed E-state index contributed by atoms with van der Waals surface area (Å²) in [6.07, 6.45) is 4.90. The number of hydrogen-bond acceptors (Lipinski definition) is 11. The third-order valence-electron chi connectivity index (χ3n) is 8.72. The van der Waals surface area contributed by atoms with Crippen LogP contribution < -0.4 is 26.0 Å². The average Bonchev–Trinajstić information content (AvgIpc) is 3.65.